The van der Waals surface area contributed by atoms with Gasteiger partial charge in [-0.15, -0.1) is 0 Å². The molecular formula is C15H24N4O2. The highest BCUT2D eigenvalue weighted by molar-refractivity contribution is 5.47. The second-order valence-corrected chi connectivity index (χ2v) is 5.66. The van der Waals surface area contributed by atoms with Gasteiger partial charge in [-0.1, -0.05) is 6.92 Å². The number of nitrogens with one attached hydrogen (secondary N) is 1. The van der Waals surface area contributed by atoms with E-state index >= 15 is 0 Å². The van der Waals surface area contributed by atoms with E-state index in [1.165, 1.54) is 0 Å². The molecule has 0 bridgehead atoms. The molecular weight excluding hydrogens is 268 g/mol. The summed E-state index contributed by atoms with van der Waals surface area (Å²) in [7, 11) is 0. The van der Waals surface area contributed by atoms with Crippen molar-refractivity contribution in [2.24, 2.45) is 0 Å². The molecule has 1 fully saturated rings. The molecule has 1 aromatic rings. The van der Waals surface area contributed by atoms with E-state index in [1.54, 1.807) is 13.1 Å². The lowest BCUT2D eigenvalue weighted by Crippen LogP contribution is -2.42. The van der Waals surface area contributed by atoms with Crippen LogP contribution in [0.2, 0.25) is 0 Å². The fourth-order valence-electron chi connectivity index (χ4n) is 3.07. The lowest BCUT2D eigenvalue weighted by molar-refractivity contribution is -0.386. The SMILES string of the molecule is CCN(Cc1ncc(C)c([N+](=O)[O-])c1C)C1CCNCC1. The number of rotatable bonds is 5. The van der Waals surface area contributed by atoms with Crippen molar-refractivity contribution in [3.63, 3.8) is 0 Å². The normalized spacial score (nSPS) is 16.4. The molecule has 0 saturated carbocycles. The molecule has 0 unspecified atom stereocenters. The third kappa shape index (κ3) is 3.57. The summed E-state index contributed by atoms with van der Waals surface area (Å²) in [5, 5.41) is 14.6. The predicted octanol–water partition coefficient (Wildman–Crippen LogP) is 2.18. The van der Waals surface area contributed by atoms with E-state index in [0.717, 1.165) is 38.2 Å². The van der Waals surface area contributed by atoms with Gasteiger partial charge in [-0.3, -0.25) is 20.0 Å². The molecule has 0 atom stereocenters. The summed E-state index contributed by atoms with van der Waals surface area (Å²) in [5.74, 6) is 0. The minimum absolute atomic E-state index is 0.210. The average Bonchev–Trinajstić information content (AvgIpc) is 2.47. The number of aryl methyl sites for hydroxylation is 1. The highest BCUT2D eigenvalue weighted by atomic mass is 16.6. The van der Waals surface area contributed by atoms with Gasteiger partial charge in [-0.2, -0.15) is 0 Å². The van der Waals surface area contributed by atoms with E-state index in [4.69, 9.17) is 0 Å². The highest BCUT2D eigenvalue weighted by Gasteiger charge is 2.23. The quantitative estimate of drug-likeness (QED) is 0.665. The van der Waals surface area contributed by atoms with Crippen LogP contribution in [-0.2, 0) is 6.54 Å². The Morgan fingerprint density at radius 1 is 1.43 bits per heavy atom. The number of nitro groups is 1. The zero-order chi connectivity index (χ0) is 15.4. The van der Waals surface area contributed by atoms with E-state index in [9.17, 15) is 10.1 Å². The van der Waals surface area contributed by atoms with Crippen LogP contribution in [0.1, 0.15) is 36.6 Å². The fraction of sp³-hybridized carbons (Fsp3) is 0.667. The largest absolute Gasteiger partial charge is 0.317 e. The zero-order valence-corrected chi connectivity index (χ0v) is 13.1. The monoisotopic (exact) mass is 292 g/mol. The molecule has 1 saturated heterocycles. The average molecular weight is 292 g/mol. The van der Waals surface area contributed by atoms with Crippen LogP contribution in [0.4, 0.5) is 5.69 Å². The Morgan fingerprint density at radius 3 is 2.67 bits per heavy atom. The fourth-order valence-corrected chi connectivity index (χ4v) is 3.07. The van der Waals surface area contributed by atoms with E-state index < -0.39 is 0 Å². The first-order valence-corrected chi connectivity index (χ1v) is 7.58. The van der Waals surface area contributed by atoms with Gasteiger partial charge in [0, 0.05) is 29.9 Å². The van der Waals surface area contributed by atoms with Crippen LogP contribution in [0.5, 0.6) is 0 Å². The van der Waals surface area contributed by atoms with Crippen molar-refractivity contribution in [3.8, 4) is 0 Å². The van der Waals surface area contributed by atoms with Gasteiger partial charge in [-0.25, -0.2) is 0 Å². The van der Waals surface area contributed by atoms with Crippen LogP contribution in [0.15, 0.2) is 6.20 Å². The van der Waals surface area contributed by atoms with Gasteiger partial charge >= 0.3 is 0 Å². The molecule has 6 nitrogen and oxygen atoms in total. The van der Waals surface area contributed by atoms with Crippen LogP contribution in [-0.4, -0.2) is 40.5 Å². The first-order valence-electron chi connectivity index (χ1n) is 7.58. The maximum absolute atomic E-state index is 11.2. The number of piperidine rings is 1. The predicted molar refractivity (Wildman–Crippen MR) is 82.3 cm³/mol. The maximum atomic E-state index is 11.2. The van der Waals surface area contributed by atoms with Crippen LogP contribution in [0.3, 0.4) is 0 Å². The molecule has 0 radical (unpaired) electrons. The molecule has 0 amide bonds. The smallest absolute Gasteiger partial charge is 0.278 e. The van der Waals surface area contributed by atoms with Crippen molar-refractivity contribution in [1.82, 2.24) is 15.2 Å². The lowest BCUT2D eigenvalue weighted by atomic mass is 10.0. The Morgan fingerprint density at radius 2 is 2.10 bits per heavy atom. The zero-order valence-electron chi connectivity index (χ0n) is 13.1. The van der Waals surface area contributed by atoms with Crippen molar-refractivity contribution in [3.05, 3.63) is 33.1 Å². The highest BCUT2D eigenvalue weighted by Crippen LogP contribution is 2.25. The molecule has 1 aliphatic heterocycles. The summed E-state index contributed by atoms with van der Waals surface area (Å²) in [6.45, 7) is 9.40. The lowest BCUT2D eigenvalue weighted by Gasteiger charge is -2.33. The van der Waals surface area contributed by atoms with E-state index in [2.05, 4.69) is 22.1 Å². The van der Waals surface area contributed by atoms with Crippen LogP contribution in [0.25, 0.3) is 0 Å². The van der Waals surface area contributed by atoms with E-state index in [1.807, 2.05) is 6.92 Å². The molecule has 2 rings (SSSR count). The van der Waals surface area contributed by atoms with Gasteiger partial charge in [-0.05, 0) is 46.3 Å². The van der Waals surface area contributed by atoms with Gasteiger partial charge in [0.2, 0.25) is 0 Å². The van der Waals surface area contributed by atoms with Gasteiger partial charge in [0.05, 0.1) is 10.6 Å². The van der Waals surface area contributed by atoms with Crippen molar-refractivity contribution < 1.29 is 4.92 Å². The van der Waals surface area contributed by atoms with Crippen LogP contribution >= 0.6 is 0 Å². The van der Waals surface area contributed by atoms with Crippen molar-refractivity contribution in [2.75, 3.05) is 19.6 Å². The second-order valence-electron chi connectivity index (χ2n) is 5.66. The van der Waals surface area contributed by atoms with Gasteiger partial charge in [0.15, 0.2) is 0 Å². The maximum Gasteiger partial charge on any atom is 0.278 e. The number of pyridine rings is 1. The Labute approximate surface area is 125 Å². The Bertz CT molecular complexity index is 513. The van der Waals surface area contributed by atoms with E-state index in [-0.39, 0.29) is 10.6 Å². The minimum atomic E-state index is -0.295. The van der Waals surface area contributed by atoms with Crippen molar-refractivity contribution >= 4 is 5.69 Å². The molecule has 1 aliphatic rings. The Kier molecular flexibility index (Phi) is 5.25. The molecule has 0 spiro atoms. The van der Waals surface area contributed by atoms with Crippen molar-refractivity contribution in [1.29, 1.82) is 0 Å². The molecule has 6 heteroatoms. The molecule has 1 aromatic heterocycles. The standard InChI is InChI=1S/C15H24N4O2/c1-4-18(13-5-7-16-8-6-13)10-14-12(3)15(19(20)21)11(2)9-17-14/h9,13,16H,4-8,10H2,1-3H3. The summed E-state index contributed by atoms with van der Waals surface area (Å²) in [6.07, 6.45) is 3.87. The first-order chi connectivity index (χ1) is 10.0. The summed E-state index contributed by atoms with van der Waals surface area (Å²) in [4.78, 5) is 17.7. The van der Waals surface area contributed by atoms with E-state index in [0.29, 0.717) is 23.7 Å². The second kappa shape index (κ2) is 6.95. The molecule has 0 aromatic carbocycles. The first kappa shape index (κ1) is 15.9. The van der Waals surface area contributed by atoms with Gasteiger partial charge in [0.1, 0.15) is 0 Å². The molecule has 2 heterocycles. The third-order valence-corrected chi connectivity index (χ3v) is 4.34. The minimum Gasteiger partial charge on any atom is -0.317 e. The summed E-state index contributed by atoms with van der Waals surface area (Å²) < 4.78 is 0. The molecule has 21 heavy (non-hydrogen) atoms. The Balaban J connectivity index is 2.21. The third-order valence-electron chi connectivity index (χ3n) is 4.34. The van der Waals surface area contributed by atoms with Crippen molar-refractivity contribution in [2.45, 2.75) is 46.2 Å². The number of hydrogen-bond donors (Lipinski definition) is 1. The summed E-state index contributed by atoms with van der Waals surface area (Å²) in [6, 6.07) is 0.540. The number of hydrogen-bond acceptors (Lipinski definition) is 5. The summed E-state index contributed by atoms with van der Waals surface area (Å²) >= 11 is 0. The molecule has 0 aliphatic carbocycles. The molecule has 1 N–H and O–H groups in total. The van der Waals surface area contributed by atoms with Crippen LogP contribution in [0, 0.1) is 24.0 Å². The van der Waals surface area contributed by atoms with Crippen LogP contribution < -0.4 is 5.32 Å². The summed E-state index contributed by atoms with van der Waals surface area (Å²) in [5.41, 5.74) is 2.37. The topological polar surface area (TPSA) is 71.3 Å². The van der Waals surface area contributed by atoms with Gasteiger partial charge < -0.3 is 5.32 Å². The van der Waals surface area contributed by atoms with Gasteiger partial charge in [0.25, 0.3) is 5.69 Å². The number of aromatic nitrogens is 1. The molecule has 116 valence electrons. The Hall–Kier alpha value is -1.53. The number of nitrogens with zero attached hydrogens (tertiary/aromatic N) is 3.